The second-order valence-electron chi connectivity index (χ2n) is 5.11. The molecule has 2 unspecified atom stereocenters. The highest BCUT2D eigenvalue weighted by Crippen LogP contribution is 2.30. The summed E-state index contributed by atoms with van der Waals surface area (Å²) in [5.41, 5.74) is 5.83. The number of rotatable bonds is 4. The molecule has 1 aromatic carbocycles. The van der Waals surface area contributed by atoms with Crippen LogP contribution >= 0.6 is 0 Å². The molecule has 1 heterocycles. The molecule has 0 radical (unpaired) electrons. The number of Topliss-reactive ketones (excluding diaryl/α,β-unsaturated/α-hetero) is 1. The molecule has 2 rings (SSSR count). The molecule has 1 fully saturated rings. The van der Waals surface area contributed by atoms with Gasteiger partial charge in [-0.1, -0.05) is 6.07 Å². The van der Waals surface area contributed by atoms with Crippen molar-refractivity contribution in [2.75, 3.05) is 20.3 Å². The first kappa shape index (κ1) is 14.0. The topological polar surface area (TPSA) is 61.5 Å². The minimum Gasteiger partial charge on any atom is -0.494 e. The number of methoxy groups -OCH3 is 1. The second-order valence-corrected chi connectivity index (χ2v) is 5.11. The van der Waals surface area contributed by atoms with Crippen LogP contribution in [0.5, 0.6) is 5.75 Å². The van der Waals surface area contributed by atoms with Gasteiger partial charge >= 0.3 is 0 Å². The number of carbonyl (C=O) groups is 1. The van der Waals surface area contributed by atoms with E-state index in [1.807, 2.05) is 0 Å². The lowest BCUT2D eigenvalue weighted by Gasteiger charge is -2.25. The van der Waals surface area contributed by atoms with Crippen LogP contribution in [0.25, 0.3) is 0 Å². The Morgan fingerprint density at radius 1 is 1.63 bits per heavy atom. The zero-order valence-electron chi connectivity index (χ0n) is 11.1. The molecule has 1 aromatic rings. The summed E-state index contributed by atoms with van der Waals surface area (Å²) >= 11 is 0. The zero-order valence-corrected chi connectivity index (χ0v) is 11.1. The molecule has 0 aliphatic carbocycles. The van der Waals surface area contributed by atoms with Gasteiger partial charge in [0.1, 0.15) is 5.78 Å². The molecule has 4 nitrogen and oxygen atoms in total. The molecule has 1 aliphatic rings. The predicted octanol–water partition coefficient (Wildman–Crippen LogP) is 1.31. The molecule has 1 aliphatic heterocycles. The van der Waals surface area contributed by atoms with Crippen molar-refractivity contribution < 1.29 is 18.7 Å². The number of benzene rings is 1. The minimum atomic E-state index is -0.684. The summed E-state index contributed by atoms with van der Waals surface area (Å²) in [5.74, 6) is -0.324. The molecule has 104 valence electrons. The van der Waals surface area contributed by atoms with E-state index in [1.54, 1.807) is 13.0 Å². The van der Waals surface area contributed by atoms with Crippen LogP contribution < -0.4 is 10.5 Å². The lowest BCUT2D eigenvalue weighted by Crippen LogP contribution is -2.45. The molecule has 0 spiro atoms. The van der Waals surface area contributed by atoms with E-state index in [9.17, 15) is 9.18 Å². The lowest BCUT2D eigenvalue weighted by atomic mass is 9.79. The van der Waals surface area contributed by atoms with Crippen LogP contribution in [-0.4, -0.2) is 32.1 Å². The van der Waals surface area contributed by atoms with Crippen LogP contribution in [0.15, 0.2) is 18.2 Å². The maximum Gasteiger partial charge on any atom is 0.165 e. The van der Waals surface area contributed by atoms with Gasteiger partial charge in [-0.3, -0.25) is 4.79 Å². The third-order valence-corrected chi connectivity index (χ3v) is 3.74. The van der Waals surface area contributed by atoms with Gasteiger partial charge in [0.2, 0.25) is 0 Å². The van der Waals surface area contributed by atoms with Crippen molar-refractivity contribution in [3.63, 3.8) is 0 Å². The highest BCUT2D eigenvalue weighted by Gasteiger charge is 2.43. The lowest BCUT2D eigenvalue weighted by molar-refractivity contribution is -0.127. The molecule has 2 N–H and O–H groups in total. The van der Waals surface area contributed by atoms with Gasteiger partial charge in [0.05, 0.1) is 25.7 Å². The van der Waals surface area contributed by atoms with Crippen LogP contribution in [0.2, 0.25) is 0 Å². The Kier molecular flexibility index (Phi) is 3.87. The third-order valence-electron chi connectivity index (χ3n) is 3.74. The van der Waals surface area contributed by atoms with Gasteiger partial charge in [-0.2, -0.15) is 0 Å². The minimum absolute atomic E-state index is 0.0259. The van der Waals surface area contributed by atoms with Crippen LogP contribution in [0, 0.1) is 11.2 Å². The van der Waals surface area contributed by atoms with Crippen molar-refractivity contribution in [2.45, 2.75) is 19.4 Å². The molecule has 2 atom stereocenters. The summed E-state index contributed by atoms with van der Waals surface area (Å²) in [4.78, 5) is 12.3. The highest BCUT2D eigenvalue weighted by molar-refractivity contribution is 5.87. The number of hydrogen-bond donors (Lipinski definition) is 1. The molecule has 0 aromatic heterocycles. The SMILES string of the molecule is COc1ccc(CC(=O)C2(C)COCC2N)cc1F. The van der Waals surface area contributed by atoms with Gasteiger partial charge in [-0.05, 0) is 24.6 Å². The van der Waals surface area contributed by atoms with E-state index in [0.717, 1.165) is 0 Å². The van der Waals surface area contributed by atoms with E-state index >= 15 is 0 Å². The average molecular weight is 267 g/mol. The normalized spacial score (nSPS) is 26.4. The molecule has 19 heavy (non-hydrogen) atoms. The van der Waals surface area contributed by atoms with Gasteiger partial charge in [0.25, 0.3) is 0 Å². The van der Waals surface area contributed by atoms with Gasteiger partial charge in [0, 0.05) is 12.5 Å². The largest absolute Gasteiger partial charge is 0.494 e. The van der Waals surface area contributed by atoms with Crippen LogP contribution in [-0.2, 0) is 16.0 Å². The number of halogens is 1. The van der Waals surface area contributed by atoms with Gasteiger partial charge in [-0.25, -0.2) is 4.39 Å². The first-order chi connectivity index (χ1) is 8.97. The van der Waals surface area contributed by atoms with Crippen molar-refractivity contribution in [1.29, 1.82) is 0 Å². The molecule has 0 saturated carbocycles. The zero-order chi connectivity index (χ0) is 14.0. The molecular weight excluding hydrogens is 249 g/mol. The Hall–Kier alpha value is -1.46. The first-order valence-corrected chi connectivity index (χ1v) is 6.16. The summed E-state index contributed by atoms with van der Waals surface area (Å²) in [6, 6.07) is 4.22. The third kappa shape index (κ3) is 2.62. The fraction of sp³-hybridized carbons (Fsp3) is 0.500. The van der Waals surface area contributed by atoms with Crippen molar-refractivity contribution in [1.82, 2.24) is 0 Å². The fourth-order valence-corrected chi connectivity index (χ4v) is 2.18. The number of nitrogens with two attached hydrogens (primary N) is 1. The quantitative estimate of drug-likeness (QED) is 0.893. The first-order valence-electron chi connectivity index (χ1n) is 6.16. The predicted molar refractivity (Wildman–Crippen MR) is 68.6 cm³/mol. The summed E-state index contributed by atoms with van der Waals surface area (Å²) in [6.07, 6.45) is 0.147. The van der Waals surface area contributed by atoms with Crippen molar-refractivity contribution in [3.05, 3.63) is 29.6 Å². The van der Waals surface area contributed by atoms with Crippen LogP contribution in [0.3, 0.4) is 0 Å². The van der Waals surface area contributed by atoms with Crippen molar-refractivity contribution in [2.24, 2.45) is 11.1 Å². The second kappa shape index (κ2) is 5.27. The van der Waals surface area contributed by atoms with Gasteiger partial charge in [-0.15, -0.1) is 0 Å². The Labute approximate surface area is 111 Å². The van der Waals surface area contributed by atoms with E-state index in [0.29, 0.717) is 18.8 Å². The Morgan fingerprint density at radius 3 is 2.89 bits per heavy atom. The fourth-order valence-electron chi connectivity index (χ4n) is 2.18. The van der Waals surface area contributed by atoms with E-state index in [-0.39, 0.29) is 24.0 Å². The molecule has 0 amide bonds. The summed E-state index contributed by atoms with van der Waals surface area (Å²) < 4.78 is 23.7. The molecule has 1 saturated heterocycles. The van der Waals surface area contributed by atoms with Crippen molar-refractivity contribution in [3.8, 4) is 5.75 Å². The smallest absolute Gasteiger partial charge is 0.165 e. The number of carbonyl (C=O) groups excluding carboxylic acids is 1. The van der Waals surface area contributed by atoms with Gasteiger partial charge in [0.15, 0.2) is 11.6 Å². The highest BCUT2D eigenvalue weighted by atomic mass is 19.1. The van der Waals surface area contributed by atoms with E-state index < -0.39 is 11.2 Å². The van der Waals surface area contributed by atoms with Gasteiger partial charge < -0.3 is 15.2 Å². The maximum absolute atomic E-state index is 13.6. The van der Waals surface area contributed by atoms with E-state index in [2.05, 4.69) is 0 Å². The number of ketones is 1. The van der Waals surface area contributed by atoms with Crippen molar-refractivity contribution >= 4 is 5.78 Å². The molecule has 5 heteroatoms. The van der Waals surface area contributed by atoms with E-state index in [4.69, 9.17) is 15.2 Å². The summed E-state index contributed by atoms with van der Waals surface area (Å²) in [7, 11) is 1.40. The maximum atomic E-state index is 13.6. The number of hydrogen-bond acceptors (Lipinski definition) is 4. The Balaban J connectivity index is 2.13. The van der Waals surface area contributed by atoms with Crippen LogP contribution in [0.1, 0.15) is 12.5 Å². The molecule has 0 bridgehead atoms. The Bertz CT molecular complexity index is 492. The summed E-state index contributed by atoms with van der Waals surface area (Å²) in [6.45, 7) is 2.51. The average Bonchev–Trinajstić information content (AvgIpc) is 2.71. The van der Waals surface area contributed by atoms with Crippen LogP contribution in [0.4, 0.5) is 4.39 Å². The molecular formula is C14H18FNO3. The standard InChI is InChI=1S/C14H18FNO3/c1-14(8-19-7-12(14)16)13(17)6-9-3-4-11(18-2)10(15)5-9/h3-5,12H,6-8,16H2,1-2H3. The Morgan fingerprint density at radius 2 is 2.37 bits per heavy atom. The van der Waals surface area contributed by atoms with E-state index in [1.165, 1.54) is 19.2 Å². The number of ether oxygens (including phenoxy) is 2. The summed E-state index contributed by atoms with van der Waals surface area (Å²) in [5, 5.41) is 0. The monoisotopic (exact) mass is 267 g/mol.